The lowest BCUT2D eigenvalue weighted by Crippen LogP contribution is -2.17. The zero-order chi connectivity index (χ0) is 19.8. The third kappa shape index (κ3) is 5.72. The van der Waals surface area contributed by atoms with Crippen molar-refractivity contribution >= 4 is 29.6 Å². The summed E-state index contributed by atoms with van der Waals surface area (Å²) in [4.78, 5) is 15.5. The zero-order valence-corrected chi connectivity index (χ0v) is 16.8. The normalized spacial score (nSPS) is 10.8. The summed E-state index contributed by atoms with van der Waals surface area (Å²) in [5, 5.41) is 4.05. The molecule has 0 aliphatic heterocycles. The summed E-state index contributed by atoms with van der Waals surface area (Å²) in [7, 11) is 3.99. The first kappa shape index (κ1) is 19.7. The van der Waals surface area contributed by atoms with E-state index in [9.17, 15) is 4.79 Å². The lowest BCUT2D eigenvalue weighted by atomic mass is 10.1. The Hall–Kier alpha value is -3.05. The van der Waals surface area contributed by atoms with Crippen LogP contribution in [-0.4, -0.2) is 26.2 Å². The molecule has 0 fully saturated rings. The third-order valence-electron chi connectivity index (χ3n) is 4.15. The highest BCUT2D eigenvalue weighted by atomic mass is 32.2. The molecule has 3 aromatic rings. The minimum Gasteiger partial charge on any atom is -0.378 e. The maximum absolute atomic E-state index is 12.2. The van der Waals surface area contributed by atoms with Crippen LogP contribution in [0.25, 0.3) is 0 Å². The molecule has 142 valence electrons. The first-order valence-corrected chi connectivity index (χ1v) is 9.98. The molecule has 0 unspecified atom stereocenters. The molecular weight excluding hydrogens is 366 g/mol. The van der Waals surface area contributed by atoms with Gasteiger partial charge in [0.15, 0.2) is 0 Å². The third-order valence-corrected chi connectivity index (χ3v) is 5.24. The van der Waals surface area contributed by atoms with Crippen LogP contribution < -0.4 is 10.3 Å². The Kier molecular flexibility index (Phi) is 6.87. The number of hydrogen-bond acceptors (Lipinski definition) is 4. The van der Waals surface area contributed by atoms with Crippen molar-refractivity contribution in [1.82, 2.24) is 5.43 Å². The maximum Gasteiger partial charge on any atom is 0.271 e. The molecule has 0 bridgehead atoms. The number of thioether (sulfide) groups is 1. The highest BCUT2D eigenvalue weighted by Gasteiger charge is 2.04. The van der Waals surface area contributed by atoms with Crippen molar-refractivity contribution in [3.05, 3.63) is 95.6 Å². The Labute approximate surface area is 170 Å². The fraction of sp³-hybridized carbons (Fsp3) is 0.130. The molecule has 0 aromatic heterocycles. The lowest BCUT2D eigenvalue weighted by Gasteiger charge is -2.11. The van der Waals surface area contributed by atoms with E-state index >= 15 is 0 Å². The van der Waals surface area contributed by atoms with E-state index in [-0.39, 0.29) is 5.91 Å². The summed E-state index contributed by atoms with van der Waals surface area (Å²) in [5.74, 6) is 0.649. The predicted octanol–water partition coefficient (Wildman–Crippen LogP) is 4.81. The van der Waals surface area contributed by atoms with Gasteiger partial charge in [-0.2, -0.15) is 5.10 Å². The topological polar surface area (TPSA) is 44.7 Å². The van der Waals surface area contributed by atoms with E-state index in [2.05, 4.69) is 22.7 Å². The number of carbonyl (C=O) groups is 1. The van der Waals surface area contributed by atoms with Gasteiger partial charge in [0.25, 0.3) is 5.91 Å². The summed E-state index contributed by atoms with van der Waals surface area (Å²) in [6, 6.07) is 25.8. The molecule has 1 amide bonds. The highest BCUT2D eigenvalue weighted by molar-refractivity contribution is 7.98. The second kappa shape index (κ2) is 9.76. The Morgan fingerprint density at radius 2 is 1.64 bits per heavy atom. The number of amides is 1. The summed E-state index contributed by atoms with van der Waals surface area (Å²) in [6.07, 6.45) is 1.64. The van der Waals surface area contributed by atoms with E-state index < -0.39 is 0 Å². The van der Waals surface area contributed by atoms with Crippen molar-refractivity contribution in [1.29, 1.82) is 0 Å². The average Bonchev–Trinajstić information content (AvgIpc) is 2.73. The molecule has 0 aliphatic carbocycles. The molecule has 5 heteroatoms. The van der Waals surface area contributed by atoms with Crippen molar-refractivity contribution in [3.8, 4) is 0 Å². The van der Waals surface area contributed by atoms with Gasteiger partial charge in [-0.3, -0.25) is 4.79 Å². The van der Waals surface area contributed by atoms with Crippen LogP contribution in [0.3, 0.4) is 0 Å². The molecule has 0 radical (unpaired) electrons. The number of rotatable bonds is 7. The Morgan fingerprint density at radius 3 is 2.29 bits per heavy atom. The van der Waals surface area contributed by atoms with Crippen molar-refractivity contribution in [3.63, 3.8) is 0 Å². The quantitative estimate of drug-likeness (QED) is 0.358. The van der Waals surface area contributed by atoms with Gasteiger partial charge in [0.1, 0.15) is 0 Å². The number of anilines is 1. The average molecular weight is 390 g/mol. The van der Waals surface area contributed by atoms with Gasteiger partial charge in [0.05, 0.1) is 6.21 Å². The van der Waals surface area contributed by atoms with Crippen molar-refractivity contribution in [2.75, 3.05) is 19.0 Å². The molecule has 0 aliphatic rings. The lowest BCUT2D eigenvalue weighted by molar-refractivity contribution is 0.0955. The highest BCUT2D eigenvalue weighted by Crippen LogP contribution is 2.22. The van der Waals surface area contributed by atoms with Gasteiger partial charge in [-0.1, -0.05) is 42.5 Å². The van der Waals surface area contributed by atoms with Crippen LogP contribution in [0.2, 0.25) is 0 Å². The van der Waals surface area contributed by atoms with Gasteiger partial charge in [0.2, 0.25) is 0 Å². The van der Waals surface area contributed by atoms with Crippen LogP contribution in [-0.2, 0) is 5.75 Å². The minimum atomic E-state index is -0.219. The number of nitrogens with one attached hydrogen (secondary N) is 1. The van der Waals surface area contributed by atoms with Crippen LogP contribution in [0.4, 0.5) is 5.69 Å². The second-order valence-corrected chi connectivity index (χ2v) is 7.53. The molecule has 4 nitrogen and oxygen atoms in total. The number of hydrogen-bond donors (Lipinski definition) is 1. The van der Waals surface area contributed by atoms with Crippen molar-refractivity contribution in [2.45, 2.75) is 10.6 Å². The van der Waals surface area contributed by atoms with Crippen molar-refractivity contribution in [2.24, 2.45) is 5.10 Å². The molecule has 3 rings (SSSR count). The summed E-state index contributed by atoms with van der Waals surface area (Å²) >= 11 is 1.77. The van der Waals surface area contributed by atoms with Gasteiger partial charge in [-0.25, -0.2) is 5.43 Å². The molecular formula is C23H23N3OS. The smallest absolute Gasteiger partial charge is 0.271 e. The summed E-state index contributed by atoms with van der Waals surface area (Å²) in [6.45, 7) is 0. The SMILES string of the molecule is CN(C)c1ccc(/C=N\NC(=O)c2ccc(CSc3ccccc3)cc2)cc1. The second-order valence-electron chi connectivity index (χ2n) is 6.48. The van der Waals surface area contributed by atoms with E-state index in [1.807, 2.05) is 85.7 Å². The van der Waals surface area contributed by atoms with E-state index in [1.165, 1.54) is 10.5 Å². The minimum absolute atomic E-state index is 0.219. The summed E-state index contributed by atoms with van der Waals surface area (Å²) < 4.78 is 0. The Balaban J connectivity index is 1.51. The molecule has 3 aromatic carbocycles. The Morgan fingerprint density at radius 1 is 0.964 bits per heavy atom. The molecule has 1 N–H and O–H groups in total. The van der Waals surface area contributed by atoms with Crippen LogP contribution in [0.5, 0.6) is 0 Å². The fourth-order valence-corrected chi connectivity index (χ4v) is 3.40. The fourth-order valence-electron chi connectivity index (χ4n) is 2.52. The van der Waals surface area contributed by atoms with Gasteiger partial charge >= 0.3 is 0 Å². The van der Waals surface area contributed by atoms with E-state index in [0.29, 0.717) is 5.56 Å². The predicted molar refractivity (Wildman–Crippen MR) is 118 cm³/mol. The number of nitrogens with zero attached hydrogens (tertiary/aromatic N) is 2. The van der Waals surface area contributed by atoms with Gasteiger partial charge < -0.3 is 4.90 Å². The number of benzene rings is 3. The zero-order valence-electron chi connectivity index (χ0n) is 16.0. The van der Waals surface area contributed by atoms with Gasteiger partial charge in [-0.05, 0) is 47.5 Å². The Bertz CT molecular complexity index is 920. The molecule has 0 saturated heterocycles. The molecule has 0 atom stereocenters. The number of carbonyl (C=O) groups excluding carboxylic acids is 1. The van der Waals surface area contributed by atoms with Crippen molar-refractivity contribution < 1.29 is 4.79 Å². The molecule has 28 heavy (non-hydrogen) atoms. The molecule has 0 heterocycles. The van der Waals surface area contributed by atoms with Crippen LogP contribution in [0, 0.1) is 0 Å². The monoisotopic (exact) mass is 389 g/mol. The van der Waals surface area contributed by atoms with E-state index in [1.54, 1.807) is 18.0 Å². The largest absolute Gasteiger partial charge is 0.378 e. The van der Waals surface area contributed by atoms with Crippen LogP contribution in [0.1, 0.15) is 21.5 Å². The van der Waals surface area contributed by atoms with E-state index in [0.717, 1.165) is 17.0 Å². The molecule has 0 saturated carbocycles. The number of hydrazone groups is 1. The maximum atomic E-state index is 12.2. The van der Waals surface area contributed by atoms with Gasteiger partial charge in [0, 0.05) is 36.0 Å². The van der Waals surface area contributed by atoms with Crippen LogP contribution in [0.15, 0.2) is 88.9 Å². The van der Waals surface area contributed by atoms with E-state index in [4.69, 9.17) is 0 Å². The first-order valence-electron chi connectivity index (χ1n) is 8.99. The first-order chi connectivity index (χ1) is 13.6. The van der Waals surface area contributed by atoms with Gasteiger partial charge in [-0.15, -0.1) is 11.8 Å². The molecule has 0 spiro atoms. The summed E-state index contributed by atoms with van der Waals surface area (Å²) in [5.41, 5.74) is 6.39. The van der Waals surface area contributed by atoms with Crippen LogP contribution >= 0.6 is 11.8 Å². The standard InChI is InChI=1S/C23H23N3OS/c1-26(2)21-14-10-18(11-15-21)16-24-25-23(27)20-12-8-19(9-13-20)17-28-22-6-4-3-5-7-22/h3-16H,17H2,1-2H3,(H,25,27)/b24-16-.